The quantitative estimate of drug-likeness (QED) is 0.314. The number of anilines is 1. The molecule has 1 atom stereocenters. The van der Waals surface area contributed by atoms with Crippen LogP contribution in [0.1, 0.15) is 37.5 Å². The molecule has 0 aliphatic rings. The third-order valence-electron chi connectivity index (χ3n) is 6.33. The zero-order valence-electron chi connectivity index (χ0n) is 23.6. The molecule has 214 valence electrons. The summed E-state index contributed by atoms with van der Waals surface area (Å²) in [5.41, 5.74) is 2.72. The molecular formula is C30H36BrN3O5S. The number of hydrogen-bond acceptors (Lipinski definition) is 5. The number of halogens is 1. The fourth-order valence-electron chi connectivity index (χ4n) is 4.17. The molecule has 0 aromatic heterocycles. The number of methoxy groups -OCH3 is 1. The minimum absolute atomic E-state index is 0.0404. The van der Waals surface area contributed by atoms with E-state index in [2.05, 4.69) is 21.2 Å². The smallest absolute Gasteiger partial charge is 0.264 e. The highest BCUT2D eigenvalue weighted by Gasteiger charge is 2.34. The SMILES string of the molecule is COc1ccc(C)cc1N(CC(=O)N(Cc1cccc(Br)c1)C(C)C(=O)NC(C)C)S(=O)(=O)c1ccc(C)cc1. The van der Waals surface area contributed by atoms with Gasteiger partial charge in [-0.3, -0.25) is 13.9 Å². The van der Waals surface area contributed by atoms with Gasteiger partial charge in [0.2, 0.25) is 11.8 Å². The number of ether oxygens (including phenoxy) is 1. The standard InChI is InChI=1S/C30H36BrN3O5S/c1-20(2)32-30(36)23(5)33(18-24-8-7-9-25(31)17-24)29(35)19-34(27-16-22(4)12-15-28(27)39-6)40(37,38)26-13-10-21(3)11-14-26/h7-17,20,23H,18-19H2,1-6H3,(H,32,36). The van der Waals surface area contributed by atoms with Crippen LogP contribution in [0.5, 0.6) is 5.75 Å². The number of nitrogens with one attached hydrogen (secondary N) is 1. The lowest BCUT2D eigenvalue weighted by Gasteiger charge is -2.32. The van der Waals surface area contributed by atoms with E-state index in [0.717, 1.165) is 25.5 Å². The van der Waals surface area contributed by atoms with Crippen molar-refractivity contribution in [3.05, 3.63) is 87.9 Å². The number of amides is 2. The van der Waals surface area contributed by atoms with Gasteiger partial charge in [0.05, 0.1) is 17.7 Å². The van der Waals surface area contributed by atoms with Crippen molar-refractivity contribution in [3.63, 3.8) is 0 Å². The van der Waals surface area contributed by atoms with E-state index in [0.29, 0.717) is 5.75 Å². The summed E-state index contributed by atoms with van der Waals surface area (Å²) < 4.78 is 35.5. The molecule has 1 unspecified atom stereocenters. The van der Waals surface area contributed by atoms with Gasteiger partial charge in [0.25, 0.3) is 10.0 Å². The van der Waals surface area contributed by atoms with Crippen molar-refractivity contribution in [2.24, 2.45) is 0 Å². The molecule has 0 radical (unpaired) electrons. The lowest BCUT2D eigenvalue weighted by atomic mass is 10.1. The largest absolute Gasteiger partial charge is 0.495 e. The van der Waals surface area contributed by atoms with Gasteiger partial charge in [-0.2, -0.15) is 0 Å². The average molecular weight is 631 g/mol. The monoisotopic (exact) mass is 629 g/mol. The maximum absolute atomic E-state index is 14.1. The number of nitrogens with zero attached hydrogens (tertiary/aromatic N) is 2. The molecule has 40 heavy (non-hydrogen) atoms. The van der Waals surface area contributed by atoms with Crippen molar-refractivity contribution in [2.75, 3.05) is 18.0 Å². The van der Waals surface area contributed by atoms with Gasteiger partial charge in [0, 0.05) is 17.1 Å². The van der Waals surface area contributed by atoms with Crippen molar-refractivity contribution in [1.29, 1.82) is 0 Å². The van der Waals surface area contributed by atoms with Crippen molar-refractivity contribution >= 4 is 43.5 Å². The normalized spacial score (nSPS) is 12.1. The van der Waals surface area contributed by atoms with E-state index in [-0.39, 0.29) is 29.1 Å². The molecule has 1 N–H and O–H groups in total. The van der Waals surface area contributed by atoms with Gasteiger partial charge in [-0.25, -0.2) is 8.42 Å². The molecule has 0 bridgehead atoms. The Balaban J connectivity index is 2.11. The van der Waals surface area contributed by atoms with Crippen LogP contribution in [-0.2, 0) is 26.2 Å². The summed E-state index contributed by atoms with van der Waals surface area (Å²) in [4.78, 5) is 28.5. The first-order valence-corrected chi connectivity index (χ1v) is 15.1. The molecule has 0 saturated carbocycles. The second-order valence-corrected chi connectivity index (χ2v) is 12.8. The van der Waals surface area contributed by atoms with Crippen LogP contribution in [0.2, 0.25) is 0 Å². The summed E-state index contributed by atoms with van der Waals surface area (Å²) in [6.07, 6.45) is 0. The van der Waals surface area contributed by atoms with Gasteiger partial charge in [0.1, 0.15) is 18.3 Å². The van der Waals surface area contributed by atoms with Gasteiger partial charge in [-0.05, 0) is 82.1 Å². The Kier molecular flexibility index (Phi) is 10.4. The molecule has 2 amide bonds. The number of hydrogen-bond donors (Lipinski definition) is 1. The Morgan fingerprint density at radius 2 is 1.60 bits per heavy atom. The predicted octanol–water partition coefficient (Wildman–Crippen LogP) is 5.21. The van der Waals surface area contributed by atoms with E-state index in [1.807, 2.05) is 52.0 Å². The van der Waals surface area contributed by atoms with Crippen LogP contribution >= 0.6 is 15.9 Å². The summed E-state index contributed by atoms with van der Waals surface area (Å²) in [5, 5.41) is 2.85. The number of rotatable bonds is 11. The highest BCUT2D eigenvalue weighted by molar-refractivity contribution is 9.10. The topological polar surface area (TPSA) is 96.0 Å². The Morgan fingerprint density at radius 3 is 2.20 bits per heavy atom. The molecule has 3 aromatic carbocycles. The highest BCUT2D eigenvalue weighted by Crippen LogP contribution is 2.34. The van der Waals surface area contributed by atoms with Gasteiger partial charge >= 0.3 is 0 Å². The van der Waals surface area contributed by atoms with Crippen LogP contribution < -0.4 is 14.4 Å². The van der Waals surface area contributed by atoms with Crippen LogP contribution in [0.4, 0.5) is 5.69 Å². The Labute approximate surface area is 245 Å². The van der Waals surface area contributed by atoms with Gasteiger partial charge in [-0.1, -0.05) is 51.8 Å². The van der Waals surface area contributed by atoms with Gasteiger partial charge in [0.15, 0.2) is 0 Å². The average Bonchev–Trinajstić information content (AvgIpc) is 2.89. The number of carbonyl (C=O) groups excluding carboxylic acids is 2. The van der Waals surface area contributed by atoms with Crippen molar-refractivity contribution < 1.29 is 22.7 Å². The third-order valence-corrected chi connectivity index (χ3v) is 8.60. The van der Waals surface area contributed by atoms with E-state index < -0.39 is 28.5 Å². The second-order valence-electron chi connectivity index (χ2n) is 9.99. The van der Waals surface area contributed by atoms with E-state index in [1.54, 1.807) is 37.3 Å². The van der Waals surface area contributed by atoms with Crippen molar-refractivity contribution in [1.82, 2.24) is 10.2 Å². The molecule has 0 fully saturated rings. The van der Waals surface area contributed by atoms with Crippen LogP contribution in [-0.4, -0.2) is 50.9 Å². The first-order chi connectivity index (χ1) is 18.8. The van der Waals surface area contributed by atoms with Crippen LogP contribution in [0.25, 0.3) is 0 Å². The molecule has 3 rings (SSSR count). The maximum atomic E-state index is 14.1. The Bertz CT molecular complexity index is 1460. The molecule has 0 saturated heterocycles. The summed E-state index contributed by atoms with van der Waals surface area (Å²) in [7, 11) is -2.75. The third kappa shape index (κ3) is 7.63. The number of benzene rings is 3. The Hall–Kier alpha value is -3.37. The summed E-state index contributed by atoms with van der Waals surface area (Å²) >= 11 is 3.45. The van der Waals surface area contributed by atoms with Crippen LogP contribution in [0.15, 0.2) is 76.1 Å². The lowest BCUT2D eigenvalue weighted by Crippen LogP contribution is -2.52. The minimum Gasteiger partial charge on any atom is -0.495 e. The van der Waals surface area contributed by atoms with Gasteiger partial charge < -0.3 is 15.0 Å². The summed E-state index contributed by atoms with van der Waals surface area (Å²) in [6, 6.07) is 18.0. The van der Waals surface area contributed by atoms with Crippen LogP contribution in [0.3, 0.4) is 0 Å². The first kappa shape index (κ1) is 31.2. The highest BCUT2D eigenvalue weighted by atomic mass is 79.9. The molecule has 0 aliphatic heterocycles. The number of sulfonamides is 1. The van der Waals surface area contributed by atoms with E-state index in [4.69, 9.17) is 4.74 Å². The molecule has 0 spiro atoms. The van der Waals surface area contributed by atoms with Crippen LogP contribution in [0, 0.1) is 13.8 Å². The number of aryl methyl sites for hydroxylation is 2. The second kappa shape index (κ2) is 13.3. The molecule has 3 aromatic rings. The van der Waals surface area contributed by atoms with Crippen molar-refractivity contribution in [2.45, 2.75) is 58.1 Å². The van der Waals surface area contributed by atoms with E-state index in [9.17, 15) is 18.0 Å². The fourth-order valence-corrected chi connectivity index (χ4v) is 6.03. The van der Waals surface area contributed by atoms with E-state index >= 15 is 0 Å². The number of carbonyl (C=O) groups is 2. The summed E-state index contributed by atoms with van der Waals surface area (Å²) in [6.45, 7) is 8.58. The first-order valence-electron chi connectivity index (χ1n) is 12.9. The molecule has 0 heterocycles. The fraction of sp³-hybridized carbons (Fsp3) is 0.333. The molecular weight excluding hydrogens is 594 g/mol. The summed E-state index contributed by atoms with van der Waals surface area (Å²) in [5.74, 6) is -0.566. The molecule has 0 aliphatic carbocycles. The minimum atomic E-state index is -4.20. The predicted molar refractivity (Wildman–Crippen MR) is 161 cm³/mol. The molecule has 8 nitrogen and oxygen atoms in total. The Morgan fingerprint density at radius 1 is 0.950 bits per heavy atom. The lowest BCUT2D eigenvalue weighted by molar-refractivity contribution is -0.139. The van der Waals surface area contributed by atoms with E-state index in [1.165, 1.54) is 24.1 Å². The zero-order valence-corrected chi connectivity index (χ0v) is 26.0. The van der Waals surface area contributed by atoms with Gasteiger partial charge in [-0.15, -0.1) is 0 Å². The van der Waals surface area contributed by atoms with Crippen molar-refractivity contribution in [3.8, 4) is 5.75 Å². The molecule has 10 heteroatoms. The maximum Gasteiger partial charge on any atom is 0.264 e. The zero-order chi connectivity index (χ0) is 29.6.